The Balaban J connectivity index is 1.83. The first-order valence-corrected chi connectivity index (χ1v) is 8.83. The monoisotopic (exact) mass is 336 g/mol. The Bertz CT molecular complexity index is 870. The van der Waals surface area contributed by atoms with Crippen molar-refractivity contribution in [3.63, 3.8) is 0 Å². The Labute approximate surface area is 147 Å². The molecule has 2 aromatic heterocycles. The van der Waals surface area contributed by atoms with Crippen LogP contribution in [-0.2, 0) is 0 Å². The van der Waals surface area contributed by atoms with Crippen LogP contribution in [0.5, 0.6) is 0 Å². The zero-order chi connectivity index (χ0) is 17.4. The van der Waals surface area contributed by atoms with Gasteiger partial charge in [0.2, 0.25) is 5.95 Å². The second-order valence-corrected chi connectivity index (χ2v) is 6.90. The van der Waals surface area contributed by atoms with E-state index < -0.39 is 0 Å². The maximum atomic E-state index is 6.19. The van der Waals surface area contributed by atoms with E-state index in [9.17, 15) is 0 Å². The van der Waals surface area contributed by atoms with Gasteiger partial charge in [0.05, 0.1) is 11.4 Å². The van der Waals surface area contributed by atoms with Gasteiger partial charge in [-0.05, 0) is 18.1 Å². The average molecular weight is 336 g/mol. The molecule has 6 heteroatoms. The van der Waals surface area contributed by atoms with Crippen LogP contribution in [0.25, 0.3) is 16.9 Å². The number of aromatic nitrogens is 3. The molecule has 25 heavy (non-hydrogen) atoms. The Morgan fingerprint density at radius 3 is 2.72 bits per heavy atom. The van der Waals surface area contributed by atoms with Crippen molar-refractivity contribution in [2.75, 3.05) is 30.3 Å². The van der Waals surface area contributed by atoms with Gasteiger partial charge in [0.25, 0.3) is 0 Å². The predicted molar refractivity (Wildman–Crippen MR) is 102 cm³/mol. The molecular weight excluding hydrogens is 312 g/mol. The molecule has 3 aromatic rings. The molecule has 0 spiro atoms. The number of fused-ring (bicyclic) bond motifs is 1. The molecule has 3 N–H and O–H groups in total. The van der Waals surface area contributed by atoms with E-state index in [1.54, 1.807) is 0 Å². The minimum atomic E-state index is 0.382. The summed E-state index contributed by atoms with van der Waals surface area (Å²) in [6.07, 6.45) is 0. The number of piperazine rings is 1. The normalized spacial score (nSPS) is 18.2. The number of hydrogen-bond acceptors (Lipinski definition) is 5. The molecule has 1 unspecified atom stereocenters. The molecule has 4 rings (SSSR count). The summed E-state index contributed by atoms with van der Waals surface area (Å²) in [6.45, 7) is 7.28. The molecule has 130 valence electrons. The Hall–Kier alpha value is -2.60. The summed E-state index contributed by atoms with van der Waals surface area (Å²) in [6, 6.07) is 14.5. The molecule has 3 heterocycles. The highest BCUT2D eigenvalue weighted by atomic mass is 15.4. The van der Waals surface area contributed by atoms with Gasteiger partial charge in [-0.25, -0.2) is 4.52 Å². The van der Waals surface area contributed by atoms with Crippen LogP contribution in [0.1, 0.15) is 13.8 Å². The molecule has 1 fully saturated rings. The van der Waals surface area contributed by atoms with Crippen LogP contribution in [0.15, 0.2) is 42.5 Å². The van der Waals surface area contributed by atoms with E-state index in [0.717, 1.165) is 42.5 Å². The Morgan fingerprint density at radius 2 is 1.96 bits per heavy atom. The molecule has 1 saturated heterocycles. The third-order valence-electron chi connectivity index (χ3n) is 4.88. The van der Waals surface area contributed by atoms with Gasteiger partial charge in [0.1, 0.15) is 0 Å². The lowest BCUT2D eigenvalue weighted by molar-refractivity contribution is 0.386. The predicted octanol–water partition coefficient (Wildman–Crippen LogP) is 2.41. The third-order valence-corrected chi connectivity index (χ3v) is 4.88. The van der Waals surface area contributed by atoms with E-state index in [1.165, 1.54) is 0 Å². The van der Waals surface area contributed by atoms with Gasteiger partial charge in [-0.2, -0.15) is 4.98 Å². The van der Waals surface area contributed by atoms with Crippen LogP contribution in [0.3, 0.4) is 0 Å². The van der Waals surface area contributed by atoms with E-state index in [4.69, 9.17) is 15.8 Å². The van der Waals surface area contributed by atoms with Crippen molar-refractivity contribution < 1.29 is 0 Å². The molecule has 1 atom stereocenters. The van der Waals surface area contributed by atoms with Gasteiger partial charge >= 0.3 is 0 Å². The standard InChI is InChI=1S/C19H24N6/c1-13(2)17-12-21-10-11-24(17)19-22-18-15(20)8-9-16(25(18)23-19)14-6-4-3-5-7-14/h3-9,13,17,21H,10-12,20H2,1-2H3. The molecule has 0 amide bonds. The number of rotatable bonds is 3. The highest BCUT2D eigenvalue weighted by Gasteiger charge is 2.28. The summed E-state index contributed by atoms with van der Waals surface area (Å²) in [4.78, 5) is 7.09. The largest absolute Gasteiger partial charge is 0.396 e. The summed E-state index contributed by atoms with van der Waals surface area (Å²) in [5, 5.41) is 8.30. The number of nitrogens with one attached hydrogen (secondary N) is 1. The highest BCUT2D eigenvalue weighted by molar-refractivity contribution is 5.73. The van der Waals surface area contributed by atoms with E-state index in [0.29, 0.717) is 17.6 Å². The summed E-state index contributed by atoms with van der Waals surface area (Å²) < 4.78 is 1.87. The van der Waals surface area contributed by atoms with Crippen molar-refractivity contribution >= 4 is 17.3 Å². The SMILES string of the molecule is CC(C)C1CNCCN1c1nc2c(N)ccc(-c3ccccc3)n2n1. The second kappa shape index (κ2) is 6.37. The highest BCUT2D eigenvalue weighted by Crippen LogP contribution is 2.26. The van der Waals surface area contributed by atoms with Gasteiger partial charge in [-0.3, -0.25) is 0 Å². The fourth-order valence-corrected chi connectivity index (χ4v) is 3.49. The third kappa shape index (κ3) is 2.82. The van der Waals surface area contributed by atoms with Gasteiger partial charge in [-0.15, -0.1) is 5.10 Å². The molecule has 1 aliphatic rings. The molecule has 1 aromatic carbocycles. The van der Waals surface area contributed by atoms with E-state index in [1.807, 2.05) is 34.8 Å². The second-order valence-electron chi connectivity index (χ2n) is 6.90. The fourth-order valence-electron chi connectivity index (χ4n) is 3.49. The van der Waals surface area contributed by atoms with Crippen molar-refractivity contribution in [3.8, 4) is 11.3 Å². The van der Waals surface area contributed by atoms with Crippen LogP contribution in [-0.4, -0.2) is 40.3 Å². The number of benzene rings is 1. The first-order valence-electron chi connectivity index (χ1n) is 8.83. The number of pyridine rings is 1. The number of hydrogen-bond donors (Lipinski definition) is 2. The smallest absolute Gasteiger partial charge is 0.246 e. The molecule has 0 saturated carbocycles. The molecule has 1 aliphatic heterocycles. The number of anilines is 2. The number of nitrogens with zero attached hydrogens (tertiary/aromatic N) is 4. The van der Waals surface area contributed by atoms with Gasteiger partial charge < -0.3 is 16.0 Å². The Kier molecular flexibility index (Phi) is 4.05. The van der Waals surface area contributed by atoms with E-state index in [2.05, 4.69) is 36.2 Å². The maximum Gasteiger partial charge on any atom is 0.246 e. The van der Waals surface area contributed by atoms with E-state index >= 15 is 0 Å². The topological polar surface area (TPSA) is 71.5 Å². The van der Waals surface area contributed by atoms with Crippen LogP contribution < -0.4 is 16.0 Å². The summed E-state index contributed by atoms with van der Waals surface area (Å²) >= 11 is 0. The van der Waals surface area contributed by atoms with Crippen molar-refractivity contribution in [1.82, 2.24) is 19.9 Å². The van der Waals surface area contributed by atoms with Crippen molar-refractivity contribution in [1.29, 1.82) is 0 Å². The summed E-state index contributed by atoms with van der Waals surface area (Å²) in [5.74, 6) is 1.28. The fraction of sp³-hybridized carbons (Fsp3) is 0.368. The molecule has 6 nitrogen and oxygen atoms in total. The average Bonchev–Trinajstić information content (AvgIpc) is 3.09. The first kappa shape index (κ1) is 15.9. The zero-order valence-electron chi connectivity index (χ0n) is 14.7. The lowest BCUT2D eigenvalue weighted by Crippen LogP contribution is -2.54. The van der Waals surface area contributed by atoms with Crippen LogP contribution in [0.4, 0.5) is 11.6 Å². The minimum absolute atomic E-state index is 0.382. The number of nitrogen functional groups attached to an aromatic ring is 1. The molecular formula is C19H24N6. The van der Waals surface area contributed by atoms with E-state index in [-0.39, 0.29) is 0 Å². The maximum absolute atomic E-state index is 6.19. The minimum Gasteiger partial charge on any atom is -0.396 e. The van der Waals surface area contributed by atoms with Crippen molar-refractivity contribution in [2.24, 2.45) is 5.92 Å². The first-order chi connectivity index (χ1) is 12.1. The van der Waals surface area contributed by atoms with Gasteiger partial charge in [0.15, 0.2) is 5.65 Å². The van der Waals surface area contributed by atoms with Crippen LogP contribution in [0, 0.1) is 5.92 Å². The zero-order valence-corrected chi connectivity index (χ0v) is 14.7. The lowest BCUT2D eigenvalue weighted by Gasteiger charge is -2.37. The van der Waals surface area contributed by atoms with Crippen LogP contribution in [0.2, 0.25) is 0 Å². The van der Waals surface area contributed by atoms with Gasteiger partial charge in [-0.1, -0.05) is 44.2 Å². The van der Waals surface area contributed by atoms with Crippen molar-refractivity contribution in [3.05, 3.63) is 42.5 Å². The Morgan fingerprint density at radius 1 is 1.16 bits per heavy atom. The molecule has 0 bridgehead atoms. The van der Waals surface area contributed by atoms with Crippen LogP contribution >= 0.6 is 0 Å². The van der Waals surface area contributed by atoms with Crippen molar-refractivity contribution in [2.45, 2.75) is 19.9 Å². The quantitative estimate of drug-likeness (QED) is 0.768. The summed E-state index contributed by atoms with van der Waals surface area (Å²) in [7, 11) is 0. The molecule has 0 aliphatic carbocycles. The summed E-state index contributed by atoms with van der Waals surface area (Å²) in [5.41, 5.74) is 9.66. The number of nitrogens with two attached hydrogens (primary N) is 1. The van der Waals surface area contributed by atoms with Gasteiger partial charge in [0, 0.05) is 31.2 Å². The lowest BCUT2D eigenvalue weighted by atomic mass is 10.0. The molecule has 0 radical (unpaired) electrons.